The van der Waals surface area contributed by atoms with Crippen LogP contribution in [0.4, 0.5) is 5.95 Å². The molecule has 0 amide bonds. The number of nitrogens with one attached hydrogen (secondary N) is 2. The molecule has 0 bridgehead atoms. The Morgan fingerprint density at radius 1 is 1.56 bits per heavy atom. The second-order valence-corrected chi connectivity index (χ2v) is 2.89. The molecule has 2 N–H and O–H groups in total. The van der Waals surface area contributed by atoms with E-state index in [2.05, 4.69) is 20.0 Å². The summed E-state index contributed by atoms with van der Waals surface area (Å²) in [5.41, 5.74) is -0.457. The normalized spacial score (nSPS) is 9.88. The van der Waals surface area contributed by atoms with Crippen molar-refractivity contribution >= 4 is 11.9 Å². The quantitative estimate of drug-likeness (QED) is 0.526. The molecule has 0 spiro atoms. The third-order valence-electron chi connectivity index (χ3n) is 1.73. The Morgan fingerprint density at radius 3 is 2.94 bits per heavy atom. The lowest BCUT2D eigenvalue weighted by Crippen LogP contribution is -2.18. The van der Waals surface area contributed by atoms with E-state index in [0.717, 1.165) is 6.07 Å². The zero-order valence-electron chi connectivity index (χ0n) is 9.07. The smallest absolute Gasteiger partial charge is 0.357 e. The number of rotatable bonds is 5. The van der Waals surface area contributed by atoms with Crippen molar-refractivity contribution < 1.29 is 14.3 Å². The molecule has 1 aromatic heterocycles. The van der Waals surface area contributed by atoms with E-state index < -0.39 is 11.5 Å². The summed E-state index contributed by atoms with van der Waals surface area (Å²) in [5, 5.41) is 2.81. The van der Waals surface area contributed by atoms with Crippen molar-refractivity contribution in [3.05, 3.63) is 22.1 Å². The van der Waals surface area contributed by atoms with Gasteiger partial charge in [-0.2, -0.15) is 0 Å². The number of esters is 1. The second-order valence-electron chi connectivity index (χ2n) is 2.89. The van der Waals surface area contributed by atoms with Crippen LogP contribution in [0, 0.1) is 0 Å². The Morgan fingerprint density at radius 2 is 2.31 bits per heavy atom. The molecule has 0 aliphatic carbocycles. The fourth-order valence-electron chi connectivity index (χ4n) is 1.02. The van der Waals surface area contributed by atoms with Gasteiger partial charge in [0, 0.05) is 19.7 Å². The van der Waals surface area contributed by atoms with E-state index in [1.807, 2.05) is 0 Å². The number of nitrogens with zero attached hydrogens (tertiary/aromatic N) is 1. The predicted octanol–water partition coefficient (Wildman–Crippen LogP) is -0.385. The molecule has 0 unspecified atom stereocenters. The van der Waals surface area contributed by atoms with Crippen molar-refractivity contribution in [2.75, 3.05) is 32.7 Å². The maximum Gasteiger partial charge on any atom is 0.357 e. The molecule has 0 fully saturated rings. The molecular formula is C9H13N3O4. The number of methoxy groups -OCH3 is 2. The standard InChI is InChI=1S/C9H13N3O4/c1-15-4-3-10-9-11-6(8(14)16-2)5-7(13)12-9/h5H,3-4H2,1-2H3,(H2,10,11,12,13). The van der Waals surface area contributed by atoms with Crippen molar-refractivity contribution in [1.82, 2.24) is 9.97 Å². The van der Waals surface area contributed by atoms with Gasteiger partial charge in [-0.3, -0.25) is 9.78 Å². The molecule has 0 aliphatic rings. The second kappa shape index (κ2) is 5.86. The Hall–Kier alpha value is -1.89. The van der Waals surface area contributed by atoms with Crippen LogP contribution in [0.5, 0.6) is 0 Å². The van der Waals surface area contributed by atoms with Gasteiger partial charge in [0.1, 0.15) is 0 Å². The highest BCUT2D eigenvalue weighted by Crippen LogP contribution is 1.98. The lowest BCUT2D eigenvalue weighted by atomic mass is 10.4. The van der Waals surface area contributed by atoms with Crippen molar-refractivity contribution in [2.45, 2.75) is 0 Å². The van der Waals surface area contributed by atoms with Crippen LogP contribution in [0.2, 0.25) is 0 Å². The van der Waals surface area contributed by atoms with Crippen LogP contribution in [0.25, 0.3) is 0 Å². The van der Waals surface area contributed by atoms with E-state index >= 15 is 0 Å². The lowest BCUT2D eigenvalue weighted by molar-refractivity contribution is 0.0594. The zero-order chi connectivity index (χ0) is 12.0. The maximum atomic E-state index is 11.2. The average Bonchev–Trinajstić information content (AvgIpc) is 2.27. The van der Waals surface area contributed by atoms with E-state index in [-0.39, 0.29) is 11.6 Å². The van der Waals surface area contributed by atoms with Crippen LogP contribution < -0.4 is 10.9 Å². The minimum Gasteiger partial charge on any atom is -0.464 e. The number of aromatic nitrogens is 2. The number of carbonyl (C=O) groups excluding carboxylic acids is 1. The Bertz CT molecular complexity index is 415. The van der Waals surface area contributed by atoms with Crippen LogP contribution in [0.3, 0.4) is 0 Å². The Balaban J connectivity index is 2.82. The van der Waals surface area contributed by atoms with Gasteiger partial charge in [-0.15, -0.1) is 0 Å². The fraction of sp³-hybridized carbons (Fsp3) is 0.444. The van der Waals surface area contributed by atoms with Crippen LogP contribution in [0.15, 0.2) is 10.9 Å². The van der Waals surface area contributed by atoms with E-state index in [0.29, 0.717) is 13.2 Å². The van der Waals surface area contributed by atoms with E-state index in [4.69, 9.17) is 4.74 Å². The molecule has 1 aromatic rings. The molecule has 1 rings (SSSR count). The molecule has 0 aliphatic heterocycles. The summed E-state index contributed by atoms with van der Waals surface area (Å²) in [6.45, 7) is 0.941. The highest BCUT2D eigenvalue weighted by Gasteiger charge is 2.09. The summed E-state index contributed by atoms with van der Waals surface area (Å²) in [6.07, 6.45) is 0. The largest absolute Gasteiger partial charge is 0.464 e. The first-order valence-electron chi connectivity index (χ1n) is 4.60. The minimum atomic E-state index is -0.652. The molecule has 16 heavy (non-hydrogen) atoms. The molecule has 0 atom stereocenters. The maximum absolute atomic E-state index is 11.2. The van der Waals surface area contributed by atoms with Crippen LogP contribution in [0.1, 0.15) is 10.5 Å². The first-order valence-corrected chi connectivity index (χ1v) is 4.60. The topological polar surface area (TPSA) is 93.3 Å². The van der Waals surface area contributed by atoms with Gasteiger partial charge in [-0.05, 0) is 0 Å². The molecule has 0 saturated heterocycles. The van der Waals surface area contributed by atoms with Gasteiger partial charge in [0.2, 0.25) is 5.95 Å². The highest BCUT2D eigenvalue weighted by atomic mass is 16.5. The third-order valence-corrected chi connectivity index (χ3v) is 1.73. The Kier molecular flexibility index (Phi) is 4.46. The van der Waals surface area contributed by atoms with Gasteiger partial charge in [0.25, 0.3) is 5.56 Å². The monoisotopic (exact) mass is 227 g/mol. The minimum absolute atomic E-state index is 0.0360. The van der Waals surface area contributed by atoms with Crippen molar-refractivity contribution in [1.29, 1.82) is 0 Å². The van der Waals surface area contributed by atoms with Gasteiger partial charge < -0.3 is 14.8 Å². The molecule has 0 aromatic carbocycles. The van der Waals surface area contributed by atoms with Gasteiger partial charge in [-0.1, -0.05) is 0 Å². The number of aromatic amines is 1. The number of hydrogen-bond donors (Lipinski definition) is 2. The molecule has 0 radical (unpaired) electrons. The summed E-state index contributed by atoms with van der Waals surface area (Å²) in [4.78, 5) is 28.7. The summed E-state index contributed by atoms with van der Waals surface area (Å²) < 4.78 is 9.28. The van der Waals surface area contributed by atoms with Gasteiger partial charge >= 0.3 is 5.97 Å². The third kappa shape index (κ3) is 3.35. The van der Waals surface area contributed by atoms with E-state index in [1.54, 1.807) is 7.11 Å². The number of anilines is 1. The number of carbonyl (C=O) groups is 1. The predicted molar refractivity (Wildman–Crippen MR) is 56.6 cm³/mol. The van der Waals surface area contributed by atoms with E-state index in [1.165, 1.54) is 7.11 Å². The number of hydrogen-bond acceptors (Lipinski definition) is 6. The fourth-order valence-corrected chi connectivity index (χ4v) is 1.02. The van der Waals surface area contributed by atoms with Crippen LogP contribution in [-0.2, 0) is 9.47 Å². The highest BCUT2D eigenvalue weighted by molar-refractivity contribution is 5.87. The van der Waals surface area contributed by atoms with Crippen LogP contribution >= 0.6 is 0 Å². The molecule has 7 nitrogen and oxygen atoms in total. The van der Waals surface area contributed by atoms with Crippen molar-refractivity contribution in [2.24, 2.45) is 0 Å². The van der Waals surface area contributed by atoms with Gasteiger partial charge in [0.05, 0.1) is 13.7 Å². The zero-order valence-corrected chi connectivity index (χ0v) is 9.07. The molecule has 88 valence electrons. The number of ether oxygens (including phenoxy) is 2. The lowest BCUT2D eigenvalue weighted by Gasteiger charge is -2.05. The Labute approximate surface area is 91.8 Å². The van der Waals surface area contributed by atoms with E-state index in [9.17, 15) is 9.59 Å². The molecule has 7 heteroatoms. The van der Waals surface area contributed by atoms with Gasteiger partial charge in [-0.25, -0.2) is 9.78 Å². The van der Waals surface area contributed by atoms with Crippen molar-refractivity contribution in [3.63, 3.8) is 0 Å². The first kappa shape index (κ1) is 12.2. The first-order chi connectivity index (χ1) is 7.67. The summed E-state index contributed by atoms with van der Waals surface area (Å²) in [6, 6.07) is 1.08. The summed E-state index contributed by atoms with van der Waals surface area (Å²) in [5.74, 6) is -0.439. The van der Waals surface area contributed by atoms with Crippen molar-refractivity contribution in [3.8, 4) is 0 Å². The molecule has 1 heterocycles. The van der Waals surface area contributed by atoms with Gasteiger partial charge in [0.15, 0.2) is 5.69 Å². The summed E-state index contributed by atoms with van der Waals surface area (Å²) in [7, 11) is 2.78. The SMILES string of the molecule is COCCNc1nc(C(=O)OC)cc(=O)[nH]1. The number of H-pyrrole nitrogens is 1. The summed E-state index contributed by atoms with van der Waals surface area (Å²) >= 11 is 0. The molecule has 0 saturated carbocycles. The average molecular weight is 227 g/mol. The van der Waals surface area contributed by atoms with Crippen LogP contribution in [-0.4, -0.2) is 43.3 Å². The molecular weight excluding hydrogens is 214 g/mol.